The molecule has 3 unspecified atom stereocenters. The Morgan fingerprint density at radius 3 is 2.48 bits per heavy atom. The Hall–Kier alpha value is -4.01. The predicted octanol–water partition coefficient (Wildman–Crippen LogP) is 6.37. The number of esters is 1. The number of ether oxygens (including phenoxy) is 2. The van der Waals surface area contributed by atoms with E-state index in [4.69, 9.17) is 14.6 Å². The van der Waals surface area contributed by atoms with Gasteiger partial charge in [-0.25, -0.2) is 4.98 Å². The van der Waals surface area contributed by atoms with Crippen molar-refractivity contribution in [2.45, 2.75) is 71.2 Å². The Kier molecular flexibility index (Phi) is 10.8. The Balaban J connectivity index is 1.32. The predicted molar refractivity (Wildman–Crippen MR) is 173 cm³/mol. The molecule has 3 aromatic carbocycles. The van der Waals surface area contributed by atoms with E-state index in [1.54, 1.807) is 13.4 Å². The molecule has 0 N–H and O–H groups in total. The summed E-state index contributed by atoms with van der Waals surface area (Å²) in [6.45, 7) is 10.6. The Morgan fingerprint density at radius 1 is 0.932 bits per heavy atom. The van der Waals surface area contributed by atoms with E-state index in [0.29, 0.717) is 37.5 Å². The van der Waals surface area contributed by atoms with Gasteiger partial charge in [0.2, 0.25) is 0 Å². The summed E-state index contributed by atoms with van der Waals surface area (Å²) in [5, 5.41) is 4.70. The fourth-order valence-corrected chi connectivity index (χ4v) is 6.14. The first-order chi connectivity index (χ1) is 21.4. The standard InChI is InChI=1S/C36H45N5O3/c1-5-44-34(42)16-9-10-21-40-26-37-36(38-40)31-19-17-30(18-20-31)35(32-14-11-15-33(22-32)43-4)41-24-27(2)39(23-28(41)3)25-29-12-7-6-8-13-29/h6-8,11-15,17-20,22,26-28,35H,5,9-10,16,21,23-25H2,1-4H3. The van der Waals surface area contributed by atoms with E-state index >= 15 is 0 Å². The molecule has 44 heavy (non-hydrogen) atoms. The number of aromatic nitrogens is 3. The molecule has 3 atom stereocenters. The third-order valence-electron chi connectivity index (χ3n) is 8.48. The Bertz CT molecular complexity index is 1470. The lowest BCUT2D eigenvalue weighted by molar-refractivity contribution is -0.143. The summed E-state index contributed by atoms with van der Waals surface area (Å²) in [5.74, 6) is 1.43. The lowest BCUT2D eigenvalue weighted by Crippen LogP contribution is -2.56. The molecular formula is C36H45N5O3. The molecule has 5 rings (SSSR count). The van der Waals surface area contributed by atoms with Crippen molar-refractivity contribution in [3.05, 3.63) is 102 Å². The molecule has 1 aliphatic rings. The highest BCUT2D eigenvalue weighted by Crippen LogP contribution is 2.35. The van der Waals surface area contributed by atoms with Crippen molar-refractivity contribution >= 4 is 5.97 Å². The van der Waals surface area contributed by atoms with Gasteiger partial charge in [0.15, 0.2) is 5.82 Å². The molecular weight excluding hydrogens is 550 g/mol. The number of nitrogens with zero attached hydrogens (tertiary/aromatic N) is 5. The van der Waals surface area contributed by atoms with Gasteiger partial charge in [0.05, 0.1) is 19.8 Å². The van der Waals surface area contributed by atoms with Crippen LogP contribution in [0.4, 0.5) is 0 Å². The van der Waals surface area contributed by atoms with Crippen LogP contribution in [0.3, 0.4) is 0 Å². The summed E-state index contributed by atoms with van der Waals surface area (Å²) in [7, 11) is 1.72. The number of methoxy groups -OCH3 is 1. The Labute approximate surface area is 261 Å². The van der Waals surface area contributed by atoms with E-state index in [2.05, 4.69) is 101 Å². The first-order valence-electron chi connectivity index (χ1n) is 15.8. The second kappa shape index (κ2) is 15.1. The van der Waals surface area contributed by atoms with Gasteiger partial charge in [-0.1, -0.05) is 66.7 Å². The second-order valence-corrected chi connectivity index (χ2v) is 11.7. The number of hydrogen-bond acceptors (Lipinski definition) is 7. The molecule has 0 radical (unpaired) electrons. The lowest BCUT2D eigenvalue weighted by Gasteiger charge is -2.47. The molecule has 2 heterocycles. The minimum absolute atomic E-state index is 0.0837. The highest BCUT2D eigenvalue weighted by atomic mass is 16.5. The highest BCUT2D eigenvalue weighted by Gasteiger charge is 2.35. The number of benzene rings is 3. The van der Waals surface area contributed by atoms with Gasteiger partial charge in [0, 0.05) is 50.2 Å². The number of piperazine rings is 1. The molecule has 0 bridgehead atoms. The summed E-state index contributed by atoms with van der Waals surface area (Å²) in [5.41, 5.74) is 4.79. The third kappa shape index (κ3) is 7.92. The average molecular weight is 596 g/mol. The molecule has 1 saturated heterocycles. The van der Waals surface area contributed by atoms with E-state index in [0.717, 1.165) is 43.8 Å². The topological polar surface area (TPSA) is 72.7 Å². The lowest BCUT2D eigenvalue weighted by atomic mass is 9.92. The number of carbonyl (C=O) groups excluding carboxylic acids is 1. The van der Waals surface area contributed by atoms with E-state index in [1.165, 1.54) is 16.7 Å². The van der Waals surface area contributed by atoms with Crippen LogP contribution in [0.25, 0.3) is 11.4 Å². The highest BCUT2D eigenvalue weighted by molar-refractivity contribution is 5.69. The average Bonchev–Trinajstić information content (AvgIpc) is 3.52. The van der Waals surface area contributed by atoms with Gasteiger partial charge in [-0.3, -0.25) is 19.3 Å². The first kappa shape index (κ1) is 31.4. The molecule has 1 aliphatic heterocycles. The van der Waals surface area contributed by atoms with E-state index < -0.39 is 0 Å². The van der Waals surface area contributed by atoms with Crippen molar-refractivity contribution in [3.8, 4) is 17.1 Å². The number of carbonyl (C=O) groups is 1. The molecule has 0 spiro atoms. The van der Waals surface area contributed by atoms with Gasteiger partial charge in [0.1, 0.15) is 12.1 Å². The molecule has 0 saturated carbocycles. The number of hydrogen-bond donors (Lipinski definition) is 0. The fraction of sp³-hybridized carbons (Fsp3) is 0.417. The largest absolute Gasteiger partial charge is 0.497 e. The van der Waals surface area contributed by atoms with Crippen LogP contribution in [-0.2, 0) is 22.6 Å². The molecule has 4 aromatic rings. The zero-order valence-corrected chi connectivity index (χ0v) is 26.4. The summed E-state index contributed by atoms with van der Waals surface area (Å²) in [6.07, 6.45) is 3.82. The normalized spacial score (nSPS) is 18.2. The Morgan fingerprint density at radius 2 is 1.73 bits per heavy atom. The monoisotopic (exact) mass is 595 g/mol. The molecule has 1 aromatic heterocycles. The second-order valence-electron chi connectivity index (χ2n) is 11.7. The van der Waals surface area contributed by atoms with Crippen LogP contribution in [0, 0.1) is 0 Å². The fourth-order valence-electron chi connectivity index (χ4n) is 6.14. The number of rotatable bonds is 13. The number of aryl methyl sites for hydroxylation is 1. The van der Waals surface area contributed by atoms with Gasteiger partial charge in [-0.2, -0.15) is 5.10 Å². The molecule has 232 valence electrons. The summed E-state index contributed by atoms with van der Waals surface area (Å²) in [4.78, 5) is 21.4. The van der Waals surface area contributed by atoms with Crippen LogP contribution >= 0.6 is 0 Å². The zero-order chi connectivity index (χ0) is 30.9. The van der Waals surface area contributed by atoms with Gasteiger partial charge in [-0.05, 0) is 62.4 Å². The summed E-state index contributed by atoms with van der Waals surface area (Å²) >= 11 is 0. The van der Waals surface area contributed by atoms with Gasteiger partial charge in [-0.15, -0.1) is 0 Å². The maximum atomic E-state index is 11.6. The van der Waals surface area contributed by atoms with Gasteiger partial charge in [0.25, 0.3) is 0 Å². The molecule has 8 nitrogen and oxygen atoms in total. The van der Waals surface area contributed by atoms with Crippen molar-refractivity contribution in [2.24, 2.45) is 0 Å². The van der Waals surface area contributed by atoms with Crippen LogP contribution in [0.2, 0.25) is 0 Å². The van der Waals surface area contributed by atoms with Gasteiger partial charge >= 0.3 is 5.97 Å². The van der Waals surface area contributed by atoms with E-state index in [1.807, 2.05) is 17.7 Å². The molecule has 8 heteroatoms. The maximum Gasteiger partial charge on any atom is 0.305 e. The van der Waals surface area contributed by atoms with E-state index in [-0.39, 0.29) is 12.0 Å². The summed E-state index contributed by atoms with van der Waals surface area (Å²) < 4.78 is 12.5. The van der Waals surface area contributed by atoms with Gasteiger partial charge < -0.3 is 9.47 Å². The first-order valence-corrected chi connectivity index (χ1v) is 15.8. The molecule has 0 amide bonds. The van der Waals surface area contributed by atoms with E-state index in [9.17, 15) is 4.79 Å². The quantitative estimate of drug-likeness (QED) is 0.131. The zero-order valence-electron chi connectivity index (χ0n) is 26.4. The molecule has 0 aliphatic carbocycles. The van der Waals surface area contributed by atoms with Crippen molar-refractivity contribution in [3.63, 3.8) is 0 Å². The van der Waals surface area contributed by atoms with Crippen molar-refractivity contribution in [2.75, 3.05) is 26.8 Å². The van der Waals surface area contributed by atoms with Crippen LogP contribution < -0.4 is 4.74 Å². The van der Waals surface area contributed by atoms with Crippen LogP contribution in [-0.4, -0.2) is 69.4 Å². The van der Waals surface area contributed by atoms with Crippen molar-refractivity contribution in [1.82, 2.24) is 24.6 Å². The van der Waals surface area contributed by atoms with Crippen LogP contribution in [0.15, 0.2) is 85.2 Å². The summed E-state index contributed by atoms with van der Waals surface area (Å²) in [6, 6.07) is 28.7. The van der Waals surface area contributed by atoms with Crippen molar-refractivity contribution < 1.29 is 14.3 Å². The van der Waals surface area contributed by atoms with Crippen LogP contribution in [0.1, 0.15) is 62.8 Å². The smallest absolute Gasteiger partial charge is 0.305 e. The minimum atomic E-state index is -0.142. The van der Waals surface area contributed by atoms with Crippen molar-refractivity contribution in [1.29, 1.82) is 0 Å². The minimum Gasteiger partial charge on any atom is -0.497 e. The van der Waals surface area contributed by atoms with Crippen LogP contribution in [0.5, 0.6) is 5.75 Å². The number of unbranched alkanes of at least 4 members (excludes halogenated alkanes) is 1. The molecule has 1 fully saturated rings. The maximum absolute atomic E-state index is 11.6. The third-order valence-corrected chi connectivity index (χ3v) is 8.48. The SMILES string of the molecule is CCOC(=O)CCCCn1cnc(-c2ccc(C(c3cccc(OC)c3)N3CC(C)N(Cc4ccccc4)CC3C)cc2)n1.